The van der Waals surface area contributed by atoms with Crippen LogP contribution in [0.4, 0.5) is 10.5 Å². The molecule has 39 heavy (non-hydrogen) atoms. The number of aromatic nitrogens is 2. The number of nitrogens with zero attached hydrogens (tertiary/aromatic N) is 2. The maximum absolute atomic E-state index is 12.5. The van der Waals surface area contributed by atoms with Crippen LogP contribution in [0.1, 0.15) is 59.3 Å². The lowest BCUT2D eigenvalue weighted by Crippen LogP contribution is -2.20. The lowest BCUT2D eigenvalue weighted by Gasteiger charge is -2.13. The SMILES string of the molecule is COc1cc(C(=O)O)ccc1Cc1cn(CCCc2ccccn2)c2ccc(NC(=O)OC3CCCC3)cc12. The number of methoxy groups -OCH3 is 1. The molecule has 0 saturated heterocycles. The average Bonchev–Trinajstić information content (AvgIpc) is 3.57. The van der Waals surface area contributed by atoms with Gasteiger partial charge in [0, 0.05) is 47.6 Å². The molecule has 2 aromatic carbocycles. The molecule has 2 N–H and O–H groups in total. The number of pyridine rings is 1. The molecule has 0 bridgehead atoms. The van der Waals surface area contributed by atoms with Crippen LogP contribution in [0.2, 0.25) is 0 Å². The van der Waals surface area contributed by atoms with E-state index in [-0.39, 0.29) is 11.7 Å². The third kappa shape index (κ3) is 6.39. The van der Waals surface area contributed by atoms with E-state index in [9.17, 15) is 14.7 Å². The van der Waals surface area contributed by atoms with Gasteiger partial charge >= 0.3 is 12.1 Å². The van der Waals surface area contributed by atoms with E-state index >= 15 is 0 Å². The Morgan fingerprint density at radius 3 is 2.67 bits per heavy atom. The van der Waals surface area contributed by atoms with E-state index in [2.05, 4.69) is 21.1 Å². The first-order valence-corrected chi connectivity index (χ1v) is 13.4. The van der Waals surface area contributed by atoms with Crippen molar-refractivity contribution in [3.8, 4) is 5.75 Å². The number of fused-ring (bicyclic) bond motifs is 1. The van der Waals surface area contributed by atoms with E-state index in [1.165, 1.54) is 0 Å². The Kier molecular flexibility index (Phi) is 8.10. The quantitative estimate of drug-likeness (QED) is 0.245. The van der Waals surface area contributed by atoms with Crippen molar-refractivity contribution in [2.75, 3.05) is 12.4 Å². The van der Waals surface area contributed by atoms with Crippen LogP contribution in [-0.2, 0) is 24.1 Å². The number of benzene rings is 2. The highest BCUT2D eigenvalue weighted by Gasteiger charge is 2.20. The number of hydrogen-bond acceptors (Lipinski definition) is 5. The first-order valence-electron chi connectivity index (χ1n) is 13.4. The summed E-state index contributed by atoms with van der Waals surface area (Å²) in [6.45, 7) is 0.804. The van der Waals surface area contributed by atoms with Crippen molar-refractivity contribution in [3.63, 3.8) is 0 Å². The van der Waals surface area contributed by atoms with Crippen molar-refractivity contribution >= 4 is 28.7 Å². The monoisotopic (exact) mass is 527 g/mol. The number of aryl methyl sites for hydroxylation is 2. The number of ether oxygens (including phenoxy) is 2. The number of amides is 1. The fraction of sp³-hybridized carbons (Fsp3) is 0.323. The zero-order valence-electron chi connectivity index (χ0n) is 22.1. The third-order valence-electron chi connectivity index (χ3n) is 7.26. The molecule has 0 radical (unpaired) electrons. The highest BCUT2D eigenvalue weighted by Crippen LogP contribution is 2.31. The molecular weight excluding hydrogens is 494 g/mol. The van der Waals surface area contributed by atoms with Crippen LogP contribution in [0.5, 0.6) is 5.75 Å². The van der Waals surface area contributed by atoms with Gasteiger partial charge in [-0.05, 0) is 92.1 Å². The molecule has 0 atom stereocenters. The Morgan fingerprint density at radius 2 is 1.92 bits per heavy atom. The Labute approximate surface area is 227 Å². The molecule has 1 amide bonds. The van der Waals surface area contributed by atoms with Gasteiger partial charge in [-0.25, -0.2) is 9.59 Å². The molecule has 4 aromatic rings. The van der Waals surface area contributed by atoms with Crippen LogP contribution < -0.4 is 10.1 Å². The van der Waals surface area contributed by atoms with Gasteiger partial charge < -0.3 is 19.1 Å². The zero-order chi connectivity index (χ0) is 27.2. The zero-order valence-corrected chi connectivity index (χ0v) is 22.1. The summed E-state index contributed by atoms with van der Waals surface area (Å²) in [4.78, 5) is 28.4. The summed E-state index contributed by atoms with van der Waals surface area (Å²) in [6, 6.07) is 16.8. The lowest BCUT2D eigenvalue weighted by atomic mass is 10.0. The molecule has 8 heteroatoms. The lowest BCUT2D eigenvalue weighted by molar-refractivity contribution is 0.0696. The molecule has 8 nitrogen and oxygen atoms in total. The fourth-order valence-corrected chi connectivity index (χ4v) is 5.28. The first-order chi connectivity index (χ1) is 19.0. The Bertz CT molecular complexity index is 1460. The van der Waals surface area contributed by atoms with E-state index in [0.717, 1.165) is 72.8 Å². The van der Waals surface area contributed by atoms with Crippen LogP contribution >= 0.6 is 0 Å². The summed E-state index contributed by atoms with van der Waals surface area (Å²) in [5.74, 6) is -0.468. The van der Waals surface area contributed by atoms with Crippen molar-refractivity contribution < 1.29 is 24.2 Å². The Morgan fingerprint density at radius 1 is 1.08 bits per heavy atom. The van der Waals surface area contributed by atoms with Crippen molar-refractivity contribution in [2.45, 2.75) is 57.6 Å². The van der Waals surface area contributed by atoms with Gasteiger partial charge in [-0.2, -0.15) is 0 Å². The summed E-state index contributed by atoms with van der Waals surface area (Å²) in [5.41, 5.74) is 4.91. The van der Waals surface area contributed by atoms with Crippen molar-refractivity contribution in [3.05, 3.63) is 89.4 Å². The molecule has 1 aliphatic carbocycles. The Balaban J connectivity index is 1.42. The molecule has 0 spiro atoms. The van der Waals surface area contributed by atoms with Crippen LogP contribution in [0.15, 0.2) is 67.0 Å². The molecular formula is C31H33N3O5. The van der Waals surface area contributed by atoms with Gasteiger partial charge in [-0.3, -0.25) is 10.3 Å². The van der Waals surface area contributed by atoms with Crippen LogP contribution in [0.3, 0.4) is 0 Å². The third-order valence-corrected chi connectivity index (χ3v) is 7.26. The minimum Gasteiger partial charge on any atom is -0.496 e. The number of carbonyl (C=O) groups excluding carboxylic acids is 1. The van der Waals surface area contributed by atoms with E-state index in [1.54, 1.807) is 25.3 Å². The summed E-state index contributed by atoms with van der Waals surface area (Å²) >= 11 is 0. The molecule has 1 saturated carbocycles. The topological polar surface area (TPSA) is 103 Å². The molecule has 1 fully saturated rings. The highest BCUT2D eigenvalue weighted by molar-refractivity contribution is 5.92. The van der Waals surface area contributed by atoms with Gasteiger partial charge in [0.25, 0.3) is 0 Å². The maximum atomic E-state index is 12.5. The number of nitrogens with one attached hydrogen (secondary N) is 1. The average molecular weight is 528 g/mol. The minimum atomic E-state index is -0.996. The van der Waals surface area contributed by atoms with E-state index in [1.807, 2.05) is 42.6 Å². The van der Waals surface area contributed by atoms with Gasteiger partial charge in [-0.1, -0.05) is 12.1 Å². The summed E-state index contributed by atoms with van der Waals surface area (Å²) in [6.07, 6.45) is 9.87. The smallest absolute Gasteiger partial charge is 0.411 e. The fourth-order valence-electron chi connectivity index (χ4n) is 5.28. The Hall–Kier alpha value is -4.33. The summed E-state index contributed by atoms with van der Waals surface area (Å²) in [7, 11) is 1.54. The van der Waals surface area contributed by atoms with Gasteiger partial charge in [0.1, 0.15) is 11.9 Å². The normalized spacial score (nSPS) is 13.5. The molecule has 5 rings (SSSR count). The van der Waals surface area contributed by atoms with Gasteiger partial charge in [-0.15, -0.1) is 0 Å². The molecule has 2 aromatic heterocycles. The molecule has 2 heterocycles. The predicted octanol–water partition coefficient (Wildman–Crippen LogP) is 6.46. The number of hydrogen-bond donors (Lipinski definition) is 2. The number of carboxylic acids is 1. The van der Waals surface area contributed by atoms with Gasteiger partial charge in [0.05, 0.1) is 12.7 Å². The summed E-state index contributed by atoms with van der Waals surface area (Å²) < 4.78 is 13.3. The number of aromatic carboxylic acids is 1. The molecule has 0 unspecified atom stereocenters. The van der Waals surface area contributed by atoms with Crippen molar-refractivity contribution in [1.82, 2.24) is 9.55 Å². The number of carbonyl (C=O) groups is 2. The van der Waals surface area contributed by atoms with Gasteiger partial charge in [0.2, 0.25) is 0 Å². The summed E-state index contributed by atoms with van der Waals surface area (Å²) in [5, 5.41) is 13.3. The van der Waals surface area contributed by atoms with Crippen molar-refractivity contribution in [1.29, 1.82) is 0 Å². The molecule has 0 aliphatic heterocycles. The number of anilines is 1. The second kappa shape index (κ2) is 12.0. The predicted molar refractivity (Wildman–Crippen MR) is 150 cm³/mol. The van der Waals surface area contributed by atoms with Crippen LogP contribution in [0.25, 0.3) is 10.9 Å². The minimum absolute atomic E-state index is 0.00859. The first kappa shape index (κ1) is 26.3. The second-order valence-electron chi connectivity index (χ2n) is 9.95. The second-order valence-corrected chi connectivity index (χ2v) is 9.95. The highest BCUT2D eigenvalue weighted by atomic mass is 16.6. The van der Waals surface area contributed by atoms with E-state index in [4.69, 9.17) is 9.47 Å². The molecule has 1 aliphatic rings. The standard InChI is InChI=1S/C31H33N3O5/c1-38-29-18-22(30(35)36)12-11-21(29)17-23-20-34(16-6-8-24-7-4-5-15-32-24)28-14-13-25(19-27(23)28)33-31(37)39-26-9-2-3-10-26/h4-5,7,11-15,18-20,26H,2-3,6,8-10,16-17H2,1H3,(H,33,37)(H,35,36). The van der Waals surface area contributed by atoms with Crippen LogP contribution in [0, 0.1) is 0 Å². The van der Waals surface area contributed by atoms with Gasteiger partial charge in [0.15, 0.2) is 0 Å². The maximum Gasteiger partial charge on any atom is 0.411 e. The number of rotatable bonds is 10. The van der Waals surface area contributed by atoms with Crippen LogP contribution in [-0.4, -0.2) is 39.9 Å². The molecule has 202 valence electrons. The van der Waals surface area contributed by atoms with Crippen molar-refractivity contribution in [2.24, 2.45) is 0 Å². The van der Waals surface area contributed by atoms with E-state index in [0.29, 0.717) is 17.9 Å². The number of carboxylic acid groups (broad SMARTS) is 1. The largest absolute Gasteiger partial charge is 0.496 e. The van der Waals surface area contributed by atoms with E-state index < -0.39 is 12.1 Å².